The number of hydrogen-bond donors (Lipinski definition) is 3. The third kappa shape index (κ3) is 7.82. The van der Waals surface area contributed by atoms with E-state index in [1.54, 1.807) is 42.5 Å². The molecule has 3 N–H and O–H groups in total. The number of benzene rings is 5. The number of nitrogens with one attached hydrogen (secondary N) is 3. The van der Waals surface area contributed by atoms with E-state index in [4.69, 9.17) is 0 Å². The molecule has 44 heavy (non-hydrogen) atoms. The molecule has 220 valence electrons. The fourth-order valence-electron chi connectivity index (χ4n) is 4.84. The molecule has 5 aromatic rings. The van der Waals surface area contributed by atoms with Gasteiger partial charge < -0.3 is 16.0 Å². The lowest BCUT2D eigenvalue weighted by Crippen LogP contribution is -2.30. The van der Waals surface area contributed by atoms with Crippen molar-refractivity contribution < 1.29 is 14.4 Å². The Kier molecular flexibility index (Phi) is 9.57. The molecule has 7 heteroatoms. The monoisotopic (exact) mass is 599 g/mol. The van der Waals surface area contributed by atoms with Crippen molar-refractivity contribution in [1.29, 1.82) is 0 Å². The van der Waals surface area contributed by atoms with E-state index < -0.39 is 5.91 Å². The van der Waals surface area contributed by atoms with Gasteiger partial charge in [0.05, 0.1) is 5.25 Å². The van der Waals surface area contributed by atoms with Crippen LogP contribution in [0.25, 0.3) is 16.8 Å². The Morgan fingerprint density at radius 3 is 2.09 bits per heavy atom. The number of fused-ring (bicyclic) bond motifs is 1. The molecule has 0 bridgehead atoms. The normalized spacial score (nSPS) is 11.9. The van der Waals surface area contributed by atoms with Crippen molar-refractivity contribution in [2.24, 2.45) is 0 Å². The summed E-state index contributed by atoms with van der Waals surface area (Å²) in [6, 6.07) is 35.7. The number of anilines is 2. The molecular formula is C37H33N3O3S. The molecule has 0 aliphatic heterocycles. The van der Waals surface area contributed by atoms with Crippen LogP contribution in [0.4, 0.5) is 11.4 Å². The summed E-state index contributed by atoms with van der Waals surface area (Å²) >= 11 is 1.43. The summed E-state index contributed by atoms with van der Waals surface area (Å²) in [4.78, 5) is 40.3. The Labute approximate surface area is 261 Å². The lowest BCUT2D eigenvalue weighted by atomic mass is 10.0. The topological polar surface area (TPSA) is 87.3 Å². The van der Waals surface area contributed by atoms with Crippen LogP contribution in [-0.2, 0) is 9.59 Å². The zero-order valence-electron chi connectivity index (χ0n) is 24.8. The Bertz CT molecular complexity index is 1820. The molecule has 0 saturated carbocycles. The summed E-state index contributed by atoms with van der Waals surface area (Å²) < 4.78 is 0. The van der Waals surface area contributed by atoms with Gasteiger partial charge in [-0.25, -0.2) is 0 Å². The second-order valence-corrected chi connectivity index (χ2v) is 12.0. The minimum absolute atomic E-state index is 0.0882. The highest BCUT2D eigenvalue weighted by atomic mass is 32.2. The Hall–Kier alpha value is -5.14. The lowest BCUT2D eigenvalue weighted by Gasteiger charge is -2.14. The van der Waals surface area contributed by atoms with Crippen LogP contribution in [0.5, 0.6) is 0 Å². The highest BCUT2D eigenvalue weighted by Crippen LogP contribution is 2.27. The zero-order chi connectivity index (χ0) is 31.1. The first-order chi connectivity index (χ1) is 21.2. The molecule has 1 unspecified atom stereocenters. The fraction of sp³-hybridized carbons (Fsp3) is 0.108. The molecule has 5 rings (SSSR count). The van der Waals surface area contributed by atoms with E-state index >= 15 is 0 Å². The summed E-state index contributed by atoms with van der Waals surface area (Å²) in [6.07, 6.45) is 1.69. The molecule has 1 atom stereocenters. The van der Waals surface area contributed by atoms with Crippen LogP contribution >= 0.6 is 11.8 Å². The zero-order valence-corrected chi connectivity index (χ0v) is 25.6. The van der Waals surface area contributed by atoms with E-state index in [1.807, 2.05) is 93.6 Å². The third-order valence-corrected chi connectivity index (χ3v) is 8.05. The van der Waals surface area contributed by atoms with Gasteiger partial charge in [0.15, 0.2) is 0 Å². The first kappa shape index (κ1) is 30.3. The van der Waals surface area contributed by atoms with Crippen molar-refractivity contribution in [3.63, 3.8) is 0 Å². The van der Waals surface area contributed by atoms with Crippen molar-refractivity contribution in [3.8, 4) is 0 Å². The lowest BCUT2D eigenvalue weighted by molar-refractivity contribution is -0.115. The van der Waals surface area contributed by atoms with E-state index in [0.29, 0.717) is 11.3 Å². The molecule has 6 nitrogen and oxygen atoms in total. The maximum absolute atomic E-state index is 13.5. The predicted octanol–water partition coefficient (Wildman–Crippen LogP) is 7.99. The van der Waals surface area contributed by atoms with Gasteiger partial charge in [-0.3, -0.25) is 14.4 Å². The van der Waals surface area contributed by atoms with Gasteiger partial charge in [0.1, 0.15) is 5.70 Å². The standard InChI is InChI=1S/C37H33N3O3S/c1-24-20-25(2)22-31(21-24)39-35(41)26(3)44-32-18-16-30(17-19-32)38-37(43)34(40-36(42)28-11-5-4-6-12-28)23-29-14-9-13-27-10-7-8-15-33(27)29/h4-23,26H,1-3H3,(H,38,43)(H,39,41)(H,40,42)/b34-23-. The van der Waals surface area contributed by atoms with Gasteiger partial charge in [0, 0.05) is 21.8 Å². The highest BCUT2D eigenvalue weighted by molar-refractivity contribution is 8.00. The average molecular weight is 600 g/mol. The molecule has 0 radical (unpaired) electrons. The Morgan fingerprint density at radius 2 is 1.36 bits per heavy atom. The van der Waals surface area contributed by atoms with Gasteiger partial charge in [-0.1, -0.05) is 66.7 Å². The first-order valence-corrected chi connectivity index (χ1v) is 15.2. The van der Waals surface area contributed by atoms with Gasteiger partial charge >= 0.3 is 0 Å². The first-order valence-electron chi connectivity index (χ1n) is 14.3. The molecular weight excluding hydrogens is 566 g/mol. The van der Waals surface area contributed by atoms with E-state index in [1.165, 1.54) is 11.8 Å². The minimum Gasteiger partial charge on any atom is -0.325 e. The number of hydrogen-bond acceptors (Lipinski definition) is 4. The van der Waals surface area contributed by atoms with E-state index in [-0.39, 0.29) is 22.8 Å². The predicted molar refractivity (Wildman–Crippen MR) is 181 cm³/mol. The van der Waals surface area contributed by atoms with Gasteiger partial charge in [-0.2, -0.15) is 0 Å². The van der Waals surface area contributed by atoms with Crippen LogP contribution in [0.15, 0.2) is 126 Å². The number of thioether (sulfide) groups is 1. The van der Waals surface area contributed by atoms with E-state index in [9.17, 15) is 14.4 Å². The van der Waals surface area contributed by atoms with Crippen molar-refractivity contribution in [3.05, 3.63) is 143 Å². The van der Waals surface area contributed by atoms with Crippen LogP contribution in [0, 0.1) is 13.8 Å². The third-order valence-electron chi connectivity index (χ3n) is 6.94. The number of carbonyl (C=O) groups excluding carboxylic acids is 3. The minimum atomic E-state index is -0.455. The van der Waals surface area contributed by atoms with Crippen molar-refractivity contribution in [2.45, 2.75) is 30.9 Å². The molecule has 0 fully saturated rings. The van der Waals surface area contributed by atoms with E-state index in [0.717, 1.165) is 38.0 Å². The second kappa shape index (κ2) is 13.9. The summed E-state index contributed by atoms with van der Waals surface area (Å²) in [5.74, 6) is -0.925. The van der Waals surface area contributed by atoms with Crippen LogP contribution in [0.1, 0.15) is 34.0 Å². The summed E-state index contributed by atoms with van der Waals surface area (Å²) in [6.45, 7) is 5.86. The van der Waals surface area contributed by atoms with Crippen molar-refractivity contribution in [2.75, 3.05) is 10.6 Å². The molecule has 0 aliphatic rings. The maximum atomic E-state index is 13.5. The quantitative estimate of drug-likeness (QED) is 0.118. The number of aryl methyl sites for hydroxylation is 2. The molecule has 5 aromatic carbocycles. The maximum Gasteiger partial charge on any atom is 0.272 e. The van der Waals surface area contributed by atoms with Crippen molar-refractivity contribution in [1.82, 2.24) is 5.32 Å². The summed E-state index contributed by atoms with van der Waals surface area (Å²) in [5.41, 5.74) is 4.89. The molecule has 0 heterocycles. The van der Waals surface area contributed by atoms with Crippen LogP contribution in [0.3, 0.4) is 0 Å². The van der Waals surface area contributed by atoms with Crippen LogP contribution in [-0.4, -0.2) is 23.0 Å². The largest absolute Gasteiger partial charge is 0.325 e. The molecule has 3 amide bonds. The number of amides is 3. The van der Waals surface area contributed by atoms with Crippen LogP contribution in [0.2, 0.25) is 0 Å². The van der Waals surface area contributed by atoms with Crippen molar-refractivity contribution >= 4 is 57.7 Å². The van der Waals surface area contributed by atoms with Gasteiger partial charge in [0.2, 0.25) is 5.91 Å². The molecule has 0 aromatic heterocycles. The SMILES string of the molecule is Cc1cc(C)cc(NC(=O)C(C)Sc2ccc(NC(=O)/C(=C/c3cccc4ccccc34)NC(=O)c3ccccc3)cc2)c1. The molecule has 0 saturated heterocycles. The molecule has 0 aliphatic carbocycles. The average Bonchev–Trinajstić information content (AvgIpc) is 3.01. The summed E-state index contributed by atoms with van der Waals surface area (Å²) in [7, 11) is 0. The number of carbonyl (C=O) groups is 3. The highest BCUT2D eigenvalue weighted by Gasteiger charge is 2.17. The summed E-state index contributed by atoms with van der Waals surface area (Å²) in [5, 5.41) is 10.4. The van der Waals surface area contributed by atoms with Crippen LogP contribution < -0.4 is 16.0 Å². The fourth-order valence-corrected chi connectivity index (χ4v) is 5.71. The smallest absolute Gasteiger partial charge is 0.272 e. The second-order valence-electron chi connectivity index (χ2n) is 10.6. The van der Waals surface area contributed by atoms with Gasteiger partial charge in [0.25, 0.3) is 11.8 Å². The Balaban J connectivity index is 1.30. The van der Waals surface area contributed by atoms with E-state index in [2.05, 4.69) is 22.0 Å². The van der Waals surface area contributed by atoms with Gasteiger partial charge in [-0.05, 0) is 103 Å². The Morgan fingerprint density at radius 1 is 0.705 bits per heavy atom. The molecule has 0 spiro atoms. The number of rotatable bonds is 9. The van der Waals surface area contributed by atoms with Gasteiger partial charge in [-0.15, -0.1) is 11.8 Å².